The first kappa shape index (κ1) is 11.4. The summed E-state index contributed by atoms with van der Waals surface area (Å²) in [6.07, 6.45) is 4.83. The first-order valence-corrected chi connectivity index (χ1v) is 7.45. The predicted molar refractivity (Wildman–Crippen MR) is 58.2 cm³/mol. The van der Waals surface area contributed by atoms with Gasteiger partial charge in [0.25, 0.3) is 0 Å². The summed E-state index contributed by atoms with van der Waals surface area (Å²) in [5.41, 5.74) is 0. The van der Waals surface area contributed by atoms with Crippen LogP contribution in [0.2, 0.25) is 0 Å². The van der Waals surface area contributed by atoms with Crippen LogP contribution < -0.4 is 0 Å². The van der Waals surface area contributed by atoms with Gasteiger partial charge in [0.1, 0.15) is 11.0 Å². The van der Waals surface area contributed by atoms with E-state index in [0.29, 0.717) is 11.7 Å². The lowest BCUT2D eigenvalue weighted by molar-refractivity contribution is -0.117. The molecule has 0 saturated carbocycles. The van der Waals surface area contributed by atoms with Crippen molar-refractivity contribution in [3.63, 3.8) is 0 Å². The monoisotopic (exact) mass is 220 g/mol. The molecule has 1 heterocycles. The van der Waals surface area contributed by atoms with Crippen molar-refractivity contribution < 1.29 is 9.35 Å². The number of ketones is 1. The molecule has 76 valence electrons. The maximum atomic E-state index is 11.3. The maximum absolute atomic E-state index is 11.3. The average molecular weight is 220 g/mol. The fourth-order valence-electron chi connectivity index (χ4n) is 1.44. The van der Waals surface area contributed by atoms with Crippen molar-refractivity contribution in [1.82, 2.24) is 0 Å². The Labute approximate surface area is 86.4 Å². The Morgan fingerprint density at radius 1 is 1.62 bits per heavy atom. The van der Waals surface area contributed by atoms with E-state index >= 15 is 0 Å². The van der Waals surface area contributed by atoms with Crippen molar-refractivity contribution in [2.45, 2.75) is 44.3 Å². The van der Waals surface area contributed by atoms with E-state index in [0.717, 1.165) is 31.4 Å². The number of unbranched alkanes of at least 4 members (excludes halogenated alkanes) is 1. The van der Waals surface area contributed by atoms with Crippen LogP contribution in [0.5, 0.6) is 0 Å². The molecule has 4 heteroatoms. The molecule has 1 fully saturated rings. The second-order valence-corrected chi connectivity index (χ2v) is 6.97. The van der Waals surface area contributed by atoms with Gasteiger partial charge in [0.2, 0.25) is 0 Å². The van der Waals surface area contributed by atoms with E-state index in [-0.39, 0.29) is 5.78 Å². The fourth-order valence-corrected chi connectivity index (χ4v) is 4.93. The van der Waals surface area contributed by atoms with Gasteiger partial charge in [-0.3, -0.25) is 0 Å². The van der Waals surface area contributed by atoms with Crippen LogP contribution in [0.4, 0.5) is 0 Å². The smallest absolute Gasteiger partial charge is 0.129 e. The molecular formula is C9H16O2S2. The minimum absolute atomic E-state index is 0.266. The lowest BCUT2D eigenvalue weighted by Gasteiger charge is -2.10. The van der Waals surface area contributed by atoms with Crippen LogP contribution in [0, 0.1) is 0 Å². The van der Waals surface area contributed by atoms with Gasteiger partial charge in [-0.15, -0.1) is 0 Å². The van der Waals surface area contributed by atoms with Crippen LogP contribution in [-0.4, -0.2) is 21.3 Å². The summed E-state index contributed by atoms with van der Waals surface area (Å²) in [6.45, 7) is 1.63. The third-order valence-corrected chi connectivity index (χ3v) is 5.88. The number of carbonyl (C=O) groups excluding carboxylic acids is 1. The zero-order valence-electron chi connectivity index (χ0n) is 7.95. The Morgan fingerprint density at radius 2 is 2.38 bits per heavy atom. The van der Waals surface area contributed by atoms with Gasteiger partial charge in [0.05, 0.1) is 10.8 Å². The molecule has 2 atom stereocenters. The first-order valence-electron chi connectivity index (χ1n) is 4.73. The van der Waals surface area contributed by atoms with E-state index in [1.165, 1.54) is 0 Å². The molecule has 13 heavy (non-hydrogen) atoms. The second kappa shape index (κ2) is 5.94. The Kier molecular flexibility index (Phi) is 5.21. The van der Waals surface area contributed by atoms with Crippen LogP contribution in [-0.2, 0) is 15.0 Å². The lowest BCUT2D eigenvalue weighted by Crippen LogP contribution is -2.12. The SMILES string of the molecule is CC(=O)CCCCC1CCS[S+]1[O-]. The molecule has 0 aromatic heterocycles. The minimum Gasteiger partial charge on any atom is -0.605 e. The summed E-state index contributed by atoms with van der Waals surface area (Å²) in [7, 11) is 0.932. The molecular weight excluding hydrogens is 204 g/mol. The summed E-state index contributed by atoms with van der Waals surface area (Å²) in [5.74, 6) is 1.31. The molecule has 0 aliphatic carbocycles. The predicted octanol–water partition coefficient (Wildman–Crippen LogP) is 2.31. The topological polar surface area (TPSA) is 40.1 Å². The lowest BCUT2D eigenvalue weighted by atomic mass is 10.1. The summed E-state index contributed by atoms with van der Waals surface area (Å²) in [4.78, 5) is 10.6. The largest absolute Gasteiger partial charge is 0.605 e. The third kappa shape index (κ3) is 4.38. The van der Waals surface area contributed by atoms with E-state index in [1.54, 1.807) is 17.7 Å². The average Bonchev–Trinajstić information content (AvgIpc) is 2.45. The Hall–Kier alpha value is 0.330. The summed E-state index contributed by atoms with van der Waals surface area (Å²) < 4.78 is 11.3. The number of hydrogen-bond donors (Lipinski definition) is 0. The molecule has 0 aromatic rings. The van der Waals surface area contributed by atoms with Gasteiger partial charge in [-0.2, -0.15) is 0 Å². The third-order valence-electron chi connectivity index (χ3n) is 2.22. The molecule has 0 radical (unpaired) electrons. The second-order valence-electron chi connectivity index (χ2n) is 3.44. The Balaban J connectivity index is 2.02. The van der Waals surface area contributed by atoms with E-state index < -0.39 is 10.2 Å². The van der Waals surface area contributed by atoms with Crippen molar-refractivity contribution >= 4 is 26.8 Å². The molecule has 0 amide bonds. The first-order chi connectivity index (χ1) is 6.20. The number of rotatable bonds is 5. The number of hydrogen-bond acceptors (Lipinski definition) is 3. The molecule has 1 aliphatic heterocycles. The molecule has 0 bridgehead atoms. The van der Waals surface area contributed by atoms with Crippen molar-refractivity contribution in [3.8, 4) is 0 Å². The zero-order chi connectivity index (χ0) is 9.68. The molecule has 2 nitrogen and oxygen atoms in total. The van der Waals surface area contributed by atoms with Crippen LogP contribution in [0.3, 0.4) is 0 Å². The molecule has 0 N–H and O–H groups in total. The Morgan fingerprint density at radius 3 is 2.92 bits per heavy atom. The molecule has 1 aliphatic rings. The van der Waals surface area contributed by atoms with Crippen LogP contribution in [0.1, 0.15) is 39.0 Å². The van der Waals surface area contributed by atoms with Crippen LogP contribution >= 0.6 is 10.8 Å². The standard InChI is InChI=1S/C9H16O2S2/c1-8(10)4-2-3-5-9-6-7-12-13(9)11/h9H,2-7H2,1H3. The normalized spacial score (nSPS) is 27.8. The van der Waals surface area contributed by atoms with Crippen molar-refractivity contribution in [1.29, 1.82) is 0 Å². The minimum atomic E-state index is -0.643. The van der Waals surface area contributed by atoms with Crippen LogP contribution in [0.25, 0.3) is 0 Å². The summed E-state index contributed by atoms with van der Waals surface area (Å²) in [5, 5.41) is 0.400. The molecule has 1 saturated heterocycles. The van der Waals surface area contributed by atoms with E-state index in [1.807, 2.05) is 0 Å². The maximum Gasteiger partial charge on any atom is 0.129 e. The van der Waals surface area contributed by atoms with E-state index in [9.17, 15) is 9.35 Å². The molecule has 0 spiro atoms. The van der Waals surface area contributed by atoms with Crippen molar-refractivity contribution in [2.75, 3.05) is 5.75 Å². The van der Waals surface area contributed by atoms with Gasteiger partial charge in [-0.25, -0.2) is 0 Å². The summed E-state index contributed by atoms with van der Waals surface area (Å²) >= 11 is 0. The summed E-state index contributed by atoms with van der Waals surface area (Å²) in [6, 6.07) is 0. The molecule has 2 unspecified atom stereocenters. The Bertz CT molecular complexity index is 173. The highest BCUT2D eigenvalue weighted by Gasteiger charge is 2.30. The fraction of sp³-hybridized carbons (Fsp3) is 0.889. The molecule has 1 rings (SSSR count). The van der Waals surface area contributed by atoms with Crippen molar-refractivity contribution in [3.05, 3.63) is 0 Å². The van der Waals surface area contributed by atoms with Gasteiger partial charge in [-0.05, 0) is 26.2 Å². The zero-order valence-corrected chi connectivity index (χ0v) is 9.59. The van der Waals surface area contributed by atoms with Crippen molar-refractivity contribution in [2.24, 2.45) is 0 Å². The van der Waals surface area contributed by atoms with E-state index in [2.05, 4.69) is 0 Å². The van der Waals surface area contributed by atoms with Gasteiger partial charge >= 0.3 is 0 Å². The highest BCUT2D eigenvalue weighted by atomic mass is 33.1. The quantitative estimate of drug-likeness (QED) is 0.405. The van der Waals surface area contributed by atoms with E-state index in [4.69, 9.17) is 0 Å². The highest BCUT2D eigenvalue weighted by molar-refractivity contribution is 8.72. The number of Topliss-reactive ketones (excluding diaryl/α,β-unsaturated/α-hetero) is 1. The number of carbonyl (C=O) groups is 1. The molecule has 0 aromatic carbocycles. The van der Waals surface area contributed by atoms with Gasteiger partial charge in [0.15, 0.2) is 0 Å². The van der Waals surface area contributed by atoms with Crippen LogP contribution in [0.15, 0.2) is 0 Å². The van der Waals surface area contributed by atoms with Gasteiger partial charge in [0, 0.05) is 28.8 Å². The van der Waals surface area contributed by atoms with Gasteiger partial charge < -0.3 is 9.35 Å². The van der Waals surface area contributed by atoms with Gasteiger partial charge in [-0.1, -0.05) is 0 Å². The highest BCUT2D eigenvalue weighted by Crippen LogP contribution is 2.33.